The fourth-order valence-corrected chi connectivity index (χ4v) is 5.68. The number of hydrogen-bond acceptors (Lipinski definition) is 9. The van der Waals surface area contributed by atoms with Gasteiger partial charge in [-0.2, -0.15) is 13.7 Å². The smallest absolute Gasteiger partial charge is 0.347 e. The van der Waals surface area contributed by atoms with E-state index in [1.807, 2.05) is 0 Å². The van der Waals surface area contributed by atoms with E-state index < -0.39 is 9.05 Å². The number of hydrogen-bond donors (Lipinski definition) is 1. The second kappa shape index (κ2) is 30.1. The third-order valence-electron chi connectivity index (χ3n) is 6.69. The van der Waals surface area contributed by atoms with E-state index in [1.165, 1.54) is 124 Å². The van der Waals surface area contributed by atoms with Gasteiger partial charge in [0.05, 0.1) is 21.3 Å². The van der Waals surface area contributed by atoms with Crippen molar-refractivity contribution in [2.75, 3.05) is 47.6 Å². The Morgan fingerprint density at radius 3 is 1.34 bits per heavy atom. The standard InChI is InChI=1S/C27H60N2O7Si.ClH/c1-6-7-8-9-10-11-12-13-14-15-16-17-18-19-20-21-23-29(27(2)26-28)24-22-25-33-37(34-30-3,35-31-4)36-32-5;/h27H,6-26,28H2,1-5H3;1H. The molecule has 0 fully saturated rings. The van der Waals surface area contributed by atoms with Crippen LogP contribution in [0.15, 0.2) is 0 Å². The molecule has 0 aromatic carbocycles. The molecule has 0 aliphatic heterocycles. The topological polar surface area (TPSA) is 93.9 Å². The van der Waals surface area contributed by atoms with E-state index in [1.54, 1.807) is 0 Å². The molecular weight excluding hydrogens is 528 g/mol. The van der Waals surface area contributed by atoms with Crippen LogP contribution in [0.3, 0.4) is 0 Å². The first-order valence-electron chi connectivity index (χ1n) is 14.8. The lowest BCUT2D eigenvalue weighted by atomic mass is 10.0. The maximum absolute atomic E-state index is 5.95. The summed E-state index contributed by atoms with van der Waals surface area (Å²) in [5.74, 6) is 0. The van der Waals surface area contributed by atoms with Crippen LogP contribution in [0.4, 0.5) is 0 Å². The number of nitrogens with zero attached hydrogens (tertiary/aromatic N) is 1. The van der Waals surface area contributed by atoms with Gasteiger partial charge in [-0.15, -0.1) is 12.4 Å². The second-order valence-electron chi connectivity index (χ2n) is 9.88. The van der Waals surface area contributed by atoms with Crippen LogP contribution in [0, 0.1) is 0 Å². The normalized spacial score (nSPS) is 12.7. The van der Waals surface area contributed by atoms with Gasteiger partial charge in [0.15, 0.2) is 0 Å². The lowest BCUT2D eigenvalue weighted by molar-refractivity contribution is -0.370. The highest BCUT2D eigenvalue weighted by Crippen LogP contribution is 2.15. The van der Waals surface area contributed by atoms with Gasteiger partial charge in [-0.25, -0.2) is 14.7 Å². The van der Waals surface area contributed by atoms with E-state index in [-0.39, 0.29) is 12.4 Å². The highest BCUT2D eigenvalue weighted by molar-refractivity contribution is 6.52. The summed E-state index contributed by atoms with van der Waals surface area (Å²) in [7, 11) is 0.339. The van der Waals surface area contributed by atoms with Crippen LogP contribution < -0.4 is 5.73 Å². The third kappa shape index (κ3) is 22.9. The summed E-state index contributed by atoms with van der Waals surface area (Å²) in [4.78, 5) is 16.5. The molecule has 0 saturated heterocycles. The van der Waals surface area contributed by atoms with Gasteiger partial charge in [0.1, 0.15) is 0 Å². The van der Waals surface area contributed by atoms with Gasteiger partial charge < -0.3 is 10.2 Å². The monoisotopic (exact) mass is 588 g/mol. The van der Waals surface area contributed by atoms with Crippen molar-refractivity contribution in [1.82, 2.24) is 4.90 Å². The van der Waals surface area contributed by atoms with Gasteiger partial charge >= 0.3 is 9.05 Å². The van der Waals surface area contributed by atoms with Crippen LogP contribution in [-0.4, -0.2) is 67.6 Å². The highest BCUT2D eigenvalue weighted by Gasteiger charge is 2.51. The maximum Gasteiger partial charge on any atom is 0.764 e. The quantitative estimate of drug-likeness (QED) is 0.0416. The molecule has 9 nitrogen and oxygen atoms in total. The molecule has 232 valence electrons. The summed E-state index contributed by atoms with van der Waals surface area (Å²) in [6.07, 6.45) is 22.8. The van der Waals surface area contributed by atoms with Crippen LogP contribution in [0.5, 0.6) is 0 Å². The van der Waals surface area contributed by atoms with E-state index >= 15 is 0 Å². The predicted octanol–water partition coefficient (Wildman–Crippen LogP) is 6.90. The van der Waals surface area contributed by atoms with E-state index in [4.69, 9.17) is 23.9 Å². The number of nitrogens with two attached hydrogens (primary N) is 1. The summed E-state index contributed by atoms with van der Waals surface area (Å²) in [5, 5.41) is 0. The van der Waals surface area contributed by atoms with Crippen molar-refractivity contribution in [3.05, 3.63) is 0 Å². The van der Waals surface area contributed by atoms with Crippen molar-refractivity contribution in [2.45, 2.75) is 129 Å². The largest absolute Gasteiger partial charge is 0.764 e. The van der Waals surface area contributed by atoms with Crippen molar-refractivity contribution >= 4 is 21.5 Å². The lowest BCUT2D eigenvalue weighted by Gasteiger charge is -2.29. The Hall–Kier alpha value is 0.147. The fraction of sp³-hybridized carbons (Fsp3) is 1.00. The molecule has 0 aromatic heterocycles. The molecule has 11 heteroatoms. The molecule has 0 radical (unpaired) electrons. The van der Waals surface area contributed by atoms with Crippen LogP contribution >= 0.6 is 12.4 Å². The first-order valence-corrected chi connectivity index (χ1v) is 16.5. The average molecular weight is 589 g/mol. The van der Waals surface area contributed by atoms with Crippen LogP contribution in [0.25, 0.3) is 0 Å². The Balaban J connectivity index is 0. The minimum atomic E-state index is -3.68. The molecule has 0 heterocycles. The van der Waals surface area contributed by atoms with Gasteiger partial charge in [-0.1, -0.05) is 103 Å². The van der Waals surface area contributed by atoms with E-state index in [9.17, 15) is 0 Å². The van der Waals surface area contributed by atoms with Gasteiger partial charge in [0, 0.05) is 25.7 Å². The minimum absolute atomic E-state index is 0. The minimum Gasteiger partial charge on any atom is -0.347 e. The first kappa shape index (κ1) is 40.3. The number of rotatable bonds is 30. The molecule has 0 aromatic rings. The van der Waals surface area contributed by atoms with E-state index in [0.717, 1.165) is 19.5 Å². The summed E-state index contributed by atoms with van der Waals surface area (Å²) in [5.41, 5.74) is 5.95. The molecule has 0 rings (SSSR count). The fourth-order valence-electron chi connectivity index (χ4n) is 4.45. The lowest BCUT2D eigenvalue weighted by Crippen LogP contribution is -2.49. The van der Waals surface area contributed by atoms with Gasteiger partial charge in [0.2, 0.25) is 0 Å². The average Bonchev–Trinajstić information content (AvgIpc) is 2.89. The van der Waals surface area contributed by atoms with Crippen molar-refractivity contribution in [1.29, 1.82) is 0 Å². The number of unbranched alkanes of at least 4 members (excludes halogenated alkanes) is 15. The SMILES string of the molecule is CCCCCCCCCCCCCCCCCCN(CCCO[Si](OOC)(OOC)OOC)C(C)CN.Cl. The zero-order valence-corrected chi connectivity index (χ0v) is 27.0. The van der Waals surface area contributed by atoms with E-state index in [0.29, 0.717) is 19.2 Å². The molecule has 0 spiro atoms. The maximum atomic E-state index is 5.95. The Labute approximate surface area is 241 Å². The third-order valence-corrected chi connectivity index (χ3v) is 8.36. The Morgan fingerprint density at radius 1 is 0.605 bits per heavy atom. The van der Waals surface area contributed by atoms with Crippen LogP contribution in [-0.2, 0) is 32.8 Å². The van der Waals surface area contributed by atoms with Crippen molar-refractivity contribution in [3.63, 3.8) is 0 Å². The van der Waals surface area contributed by atoms with Crippen molar-refractivity contribution in [2.24, 2.45) is 5.73 Å². The first-order chi connectivity index (χ1) is 18.1. The van der Waals surface area contributed by atoms with Crippen LogP contribution in [0.1, 0.15) is 123 Å². The summed E-state index contributed by atoms with van der Waals surface area (Å²) in [6, 6.07) is 0.319. The predicted molar refractivity (Wildman–Crippen MR) is 157 cm³/mol. The molecule has 1 atom stereocenters. The Morgan fingerprint density at radius 2 is 0.974 bits per heavy atom. The Bertz CT molecular complexity index is 456. The highest BCUT2D eigenvalue weighted by atomic mass is 35.5. The molecule has 0 bridgehead atoms. The molecule has 1 unspecified atom stereocenters. The zero-order valence-electron chi connectivity index (χ0n) is 25.2. The summed E-state index contributed by atoms with van der Waals surface area (Å²) in [6.45, 7) is 7.32. The van der Waals surface area contributed by atoms with Gasteiger partial charge in [-0.05, 0) is 26.3 Å². The number of halogens is 1. The van der Waals surface area contributed by atoms with Gasteiger partial charge in [-0.3, -0.25) is 4.90 Å². The molecule has 0 aliphatic rings. The molecule has 38 heavy (non-hydrogen) atoms. The van der Waals surface area contributed by atoms with Gasteiger partial charge in [0.25, 0.3) is 0 Å². The molecule has 0 amide bonds. The molecule has 0 saturated carbocycles. The summed E-state index contributed by atoms with van der Waals surface area (Å²) < 4.78 is 20.8. The molecule has 0 aliphatic carbocycles. The second-order valence-corrected chi connectivity index (χ2v) is 11.7. The van der Waals surface area contributed by atoms with Crippen molar-refractivity contribution in [3.8, 4) is 0 Å². The van der Waals surface area contributed by atoms with Crippen molar-refractivity contribution < 1.29 is 32.8 Å². The molecular formula is C27H61ClN2O7Si. The zero-order chi connectivity index (χ0) is 27.5. The Kier molecular flexibility index (Phi) is 31.9. The summed E-state index contributed by atoms with van der Waals surface area (Å²) >= 11 is 0. The van der Waals surface area contributed by atoms with Crippen LogP contribution in [0.2, 0.25) is 0 Å². The molecule has 2 N–H and O–H groups in total. The van der Waals surface area contributed by atoms with E-state index in [2.05, 4.69) is 33.4 Å².